The maximum atomic E-state index is 13.3. The van der Waals surface area contributed by atoms with Crippen molar-refractivity contribution >= 4 is 5.91 Å². The van der Waals surface area contributed by atoms with Gasteiger partial charge in [0.2, 0.25) is 0 Å². The second-order valence-corrected chi connectivity index (χ2v) is 9.79. The van der Waals surface area contributed by atoms with Crippen LogP contribution in [0.5, 0.6) is 5.75 Å². The average molecular weight is 502 g/mol. The van der Waals surface area contributed by atoms with Crippen LogP contribution in [0.3, 0.4) is 0 Å². The third-order valence-corrected chi connectivity index (χ3v) is 7.10. The standard InChI is InChI=1S/C30H35N3O4/c34-22-28-8-4-12-33(28)30(35)25-9-10-29-26(19-25)18-23-5-3-6-24(17-23)20-32(13-14-36-15-16-37-29)21-27-7-1-2-11-31-27/h1-3,5-7,9-11,17,19,28,34H,4,8,12-16,18,20-22H2. The summed E-state index contributed by atoms with van der Waals surface area (Å²) < 4.78 is 12.0. The van der Waals surface area contributed by atoms with E-state index in [0.29, 0.717) is 38.3 Å². The van der Waals surface area contributed by atoms with E-state index in [-0.39, 0.29) is 18.6 Å². The van der Waals surface area contributed by atoms with Crippen LogP contribution in [0.4, 0.5) is 0 Å². The Morgan fingerprint density at radius 1 is 1.00 bits per heavy atom. The molecule has 7 heteroatoms. The van der Waals surface area contributed by atoms with Gasteiger partial charge in [-0.05, 0) is 59.9 Å². The van der Waals surface area contributed by atoms with Gasteiger partial charge in [-0.3, -0.25) is 14.7 Å². The predicted octanol–water partition coefficient (Wildman–Crippen LogP) is 3.68. The summed E-state index contributed by atoms with van der Waals surface area (Å²) in [7, 11) is 0. The first-order chi connectivity index (χ1) is 18.2. The maximum absolute atomic E-state index is 13.3. The molecule has 1 atom stereocenters. The first kappa shape index (κ1) is 25.4. The number of rotatable bonds is 4. The molecule has 1 N–H and O–H groups in total. The number of aliphatic hydroxyl groups is 1. The first-order valence-corrected chi connectivity index (χ1v) is 13.1. The van der Waals surface area contributed by atoms with Gasteiger partial charge < -0.3 is 19.5 Å². The number of likely N-dealkylation sites (tertiary alicyclic amines) is 1. The fraction of sp³-hybridized carbons (Fsp3) is 0.400. The molecule has 37 heavy (non-hydrogen) atoms. The van der Waals surface area contributed by atoms with E-state index < -0.39 is 0 Å². The van der Waals surface area contributed by atoms with Crippen molar-refractivity contribution in [3.8, 4) is 5.75 Å². The van der Waals surface area contributed by atoms with E-state index >= 15 is 0 Å². The number of ether oxygens (including phenoxy) is 2. The Hall–Kier alpha value is -3.26. The summed E-state index contributed by atoms with van der Waals surface area (Å²) in [4.78, 5) is 21.9. The molecule has 5 rings (SSSR count). The minimum absolute atomic E-state index is 0.00391. The van der Waals surface area contributed by atoms with Gasteiger partial charge in [-0.25, -0.2) is 0 Å². The summed E-state index contributed by atoms with van der Waals surface area (Å²) in [5, 5.41) is 9.69. The number of benzene rings is 2. The molecule has 2 aliphatic rings. The second-order valence-electron chi connectivity index (χ2n) is 9.79. The van der Waals surface area contributed by atoms with E-state index in [1.165, 1.54) is 11.1 Å². The van der Waals surface area contributed by atoms with Gasteiger partial charge in [0.25, 0.3) is 5.91 Å². The largest absolute Gasteiger partial charge is 0.491 e. The van der Waals surface area contributed by atoms with Crippen molar-refractivity contribution in [3.63, 3.8) is 0 Å². The average Bonchev–Trinajstić information content (AvgIpc) is 3.40. The van der Waals surface area contributed by atoms with Crippen molar-refractivity contribution < 1.29 is 19.4 Å². The van der Waals surface area contributed by atoms with Gasteiger partial charge in [-0.2, -0.15) is 0 Å². The van der Waals surface area contributed by atoms with Crippen LogP contribution in [0, 0.1) is 0 Å². The van der Waals surface area contributed by atoms with Gasteiger partial charge in [0.1, 0.15) is 12.4 Å². The molecule has 1 saturated heterocycles. The molecule has 2 bridgehead atoms. The van der Waals surface area contributed by atoms with Gasteiger partial charge in [-0.15, -0.1) is 0 Å². The summed E-state index contributed by atoms with van der Waals surface area (Å²) >= 11 is 0. The highest BCUT2D eigenvalue weighted by Crippen LogP contribution is 2.27. The number of carbonyl (C=O) groups excluding carboxylic acids is 1. The molecule has 1 amide bonds. The molecule has 2 aromatic carbocycles. The molecule has 1 unspecified atom stereocenters. The lowest BCUT2D eigenvalue weighted by molar-refractivity contribution is 0.0676. The zero-order valence-corrected chi connectivity index (χ0v) is 21.2. The minimum atomic E-state index is -0.0970. The molecule has 1 aromatic heterocycles. The number of carbonyl (C=O) groups is 1. The lowest BCUT2D eigenvalue weighted by atomic mass is 9.99. The van der Waals surface area contributed by atoms with Crippen LogP contribution in [0.2, 0.25) is 0 Å². The maximum Gasteiger partial charge on any atom is 0.254 e. The Morgan fingerprint density at radius 2 is 1.92 bits per heavy atom. The van der Waals surface area contributed by atoms with Crippen molar-refractivity contribution in [2.24, 2.45) is 0 Å². The van der Waals surface area contributed by atoms with E-state index in [4.69, 9.17) is 9.47 Å². The molecule has 0 radical (unpaired) electrons. The van der Waals surface area contributed by atoms with E-state index in [2.05, 4.69) is 40.2 Å². The highest BCUT2D eigenvalue weighted by Gasteiger charge is 2.29. The van der Waals surface area contributed by atoms with E-state index in [1.807, 2.05) is 36.5 Å². The number of amides is 1. The molecule has 0 aliphatic carbocycles. The number of hydrogen-bond donors (Lipinski definition) is 1. The molecular weight excluding hydrogens is 466 g/mol. The van der Waals surface area contributed by atoms with Crippen molar-refractivity contribution in [3.05, 3.63) is 94.8 Å². The summed E-state index contributed by atoms with van der Waals surface area (Å²) in [5.41, 5.74) is 5.05. The summed E-state index contributed by atoms with van der Waals surface area (Å²) in [5.74, 6) is 0.750. The summed E-state index contributed by atoms with van der Waals surface area (Å²) in [6.45, 7) is 4.59. The molecule has 3 aromatic rings. The Bertz CT molecular complexity index is 1190. The van der Waals surface area contributed by atoms with Crippen LogP contribution >= 0.6 is 0 Å². The molecular formula is C30H35N3O4. The molecule has 3 heterocycles. The van der Waals surface area contributed by atoms with E-state index in [0.717, 1.165) is 49.5 Å². The summed E-state index contributed by atoms with van der Waals surface area (Å²) in [6.07, 6.45) is 4.27. The van der Waals surface area contributed by atoms with Gasteiger partial charge in [-0.1, -0.05) is 30.3 Å². The van der Waals surface area contributed by atoms with Crippen LogP contribution in [0.25, 0.3) is 0 Å². The van der Waals surface area contributed by atoms with Gasteiger partial charge in [0, 0.05) is 44.4 Å². The SMILES string of the molecule is O=C(c1ccc2c(c1)Cc1cccc(c1)CN(Cc1ccccn1)CCOCCO2)N1CCCC1CO. The van der Waals surface area contributed by atoms with Gasteiger partial charge >= 0.3 is 0 Å². The number of nitrogens with zero attached hydrogens (tertiary/aromatic N) is 3. The van der Waals surface area contributed by atoms with Crippen LogP contribution in [-0.2, 0) is 24.2 Å². The molecule has 7 nitrogen and oxygen atoms in total. The highest BCUT2D eigenvalue weighted by molar-refractivity contribution is 5.95. The number of pyridine rings is 1. The van der Waals surface area contributed by atoms with Crippen molar-refractivity contribution in [1.29, 1.82) is 0 Å². The number of aromatic nitrogens is 1. The Morgan fingerprint density at radius 3 is 2.78 bits per heavy atom. The zero-order chi connectivity index (χ0) is 25.5. The second kappa shape index (κ2) is 12.3. The van der Waals surface area contributed by atoms with Crippen molar-refractivity contribution in [1.82, 2.24) is 14.8 Å². The number of fused-ring (bicyclic) bond motifs is 3. The topological polar surface area (TPSA) is 75.1 Å². The zero-order valence-electron chi connectivity index (χ0n) is 21.2. The van der Waals surface area contributed by atoms with Gasteiger partial charge in [0.05, 0.1) is 31.6 Å². The molecule has 0 spiro atoms. The number of aliphatic hydroxyl groups excluding tert-OH is 1. The quantitative estimate of drug-likeness (QED) is 0.588. The lowest BCUT2D eigenvalue weighted by Crippen LogP contribution is -2.37. The van der Waals surface area contributed by atoms with Crippen molar-refractivity contribution in [2.45, 2.75) is 38.4 Å². The molecule has 2 aliphatic heterocycles. The summed E-state index contributed by atoms with van der Waals surface area (Å²) in [6, 6.07) is 20.2. The third-order valence-electron chi connectivity index (χ3n) is 7.10. The molecule has 194 valence electrons. The lowest BCUT2D eigenvalue weighted by Gasteiger charge is -2.24. The Balaban J connectivity index is 1.39. The van der Waals surface area contributed by atoms with E-state index in [9.17, 15) is 9.90 Å². The fourth-order valence-electron chi connectivity index (χ4n) is 5.21. The molecule has 0 saturated carbocycles. The smallest absolute Gasteiger partial charge is 0.254 e. The van der Waals surface area contributed by atoms with Crippen molar-refractivity contribution in [2.75, 3.05) is 39.5 Å². The molecule has 1 fully saturated rings. The monoisotopic (exact) mass is 501 g/mol. The fourth-order valence-corrected chi connectivity index (χ4v) is 5.21. The third kappa shape index (κ3) is 6.55. The van der Waals surface area contributed by atoms with Crippen LogP contribution in [0.15, 0.2) is 66.9 Å². The minimum Gasteiger partial charge on any atom is -0.491 e. The Labute approximate surface area is 218 Å². The van der Waals surface area contributed by atoms with Crippen LogP contribution in [0.1, 0.15) is 45.6 Å². The van der Waals surface area contributed by atoms with Crippen LogP contribution in [-0.4, -0.2) is 71.4 Å². The predicted molar refractivity (Wildman–Crippen MR) is 141 cm³/mol. The highest BCUT2D eigenvalue weighted by atomic mass is 16.5. The normalized spacial score (nSPS) is 19.1. The van der Waals surface area contributed by atoms with E-state index in [1.54, 1.807) is 4.90 Å². The first-order valence-electron chi connectivity index (χ1n) is 13.1. The van der Waals surface area contributed by atoms with Gasteiger partial charge in [0.15, 0.2) is 0 Å². The number of hydrogen-bond acceptors (Lipinski definition) is 6. The van der Waals surface area contributed by atoms with Crippen LogP contribution < -0.4 is 4.74 Å². The Kier molecular flexibility index (Phi) is 8.46.